The zero-order chi connectivity index (χ0) is 22.3. The molecule has 0 amide bonds. The summed E-state index contributed by atoms with van der Waals surface area (Å²) in [5, 5.41) is 13.9. The van der Waals surface area contributed by atoms with E-state index in [4.69, 9.17) is 9.47 Å². The second-order valence-corrected chi connectivity index (χ2v) is 11.8. The summed E-state index contributed by atoms with van der Waals surface area (Å²) in [6, 6.07) is 8.53. The number of aliphatic hydroxyl groups is 1. The number of benzene rings is 1. The maximum atomic E-state index is 13.1. The summed E-state index contributed by atoms with van der Waals surface area (Å²) in [4.78, 5) is 16.8. The van der Waals surface area contributed by atoms with Gasteiger partial charge in [0.2, 0.25) is 0 Å². The van der Waals surface area contributed by atoms with Crippen molar-refractivity contribution in [2.24, 2.45) is 11.3 Å². The van der Waals surface area contributed by atoms with Crippen molar-refractivity contribution in [3.8, 4) is 0 Å². The smallest absolute Gasteiger partial charge is 0.195 e. The van der Waals surface area contributed by atoms with Crippen molar-refractivity contribution in [1.29, 1.82) is 0 Å². The Labute approximate surface area is 188 Å². The fourth-order valence-electron chi connectivity index (χ4n) is 8.39. The quantitative estimate of drug-likeness (QED) is 0.649. The van der Waals surface area contributed by atoms with Crippen LogP contribution in [-0.4, -0.2) is 39.0 Å². The van der Waals surface area contributed by atoms with E-state index in [1.807, 2.05) is 13.8 Å². The third-order valence-corrected chi connectivity index (χ3v) is 10.2. The van der Waals surface area contributed by atoms with Crippen molar-refractivity contribution in [2.45, 2.75) is 88.3 Å². The molecule has 3 fully saturated rings. The number of carbonyl (C=O) groups is 1. The Hall–Kier alpha value is -1.95. The molecule has 1 aromatic heterocycles. The van der Waals surface area contributed by atoms with E-state index >= 15 is 0 Å². The van der Waals surface area contributed by atoms with Gasteiger partial charge in [0, 0.05) is 39.4 Å². The fraction of sp³-hybridized carbons (Fsp3) is 0.593. The Kier molecular flexibility index (Phi) is 3.29. The number of carbonyl (C=O) groups excluding carboxylic acids is 1. The Bertz CT molecular complexity index is 1240. The minimum Gasteiger partial charge on any atom is -0.385 e. The molecule has 1 saturated heterocycles. The summed E-state index contributed by atoms with van der Waals surface area (Å²) in [6.45, 7) is 8.43. The van der Waals surface area contributed by atoms with Crippen LogP contribution in [0.25, 0.3) is 10.9 Å². The van der Waals surface area contributed by atoms with E-state index < -0.39 is 28.5 Å². The first-order valence-electron chi connectivity index (χ1n) is 12.0. The van der Waals surface area contributed by atoms with Gasteiger partial charge in [-0.3, -0.25) is 4.79 Å². The predicted molar refractivity (Wildman–Crippen MR) is 120 cm³/mol. The molecule has 5 aliphatic rings. The lowest BCUT2D eigenvalue weighted by atomic mass is 9.42. The molecule has 7 rings (SSSR count). The summed E-state index contributed by atoms with van der Waals surface area (Å²) >= 11 is 0. The van der Waals surface area contributed by atoms with E-state index in [1.165, 1.54) is 22.2 Å². The molecule has 168 valence electrons. The molecule has 3 heterocycles. The Balaban J connectivity index is 1.43. The van der Waals surface area contributed by atoms with Crippen molar-refractivity contribution in [2.75, 3.05) is 0 Å². The summed E-state index contributed by atoms with van der Waals surface area (Å²) < 4.78 is 12.8. The van der Waals surface area contributed by atoms with Crippen molar-refractivity contribution in [1.82, 2.24) is 4.98 Å². The number of H-pyrrole nitrogens is 1. The number of fused-ring (bicyclic) bond motifs is 9. The average molecular weight is 434 g/mol. The van der Waals surface area contributed by atoms with Gasteiger partial charge < -0.3 is 19.6 Å². The highest BCUT2D eigenvalue weighted by Gasteiger charge is 2.75. The van der Waals surface area contributed by atoms with E-state index in [0.29, 0.717) is 24.3 Å². The predicted octanol–water partition coefficient (Wildman–Crippen LogP) is 4.32. The largest absolute Gasteiger partial charge is 0.385 e. The highest BCUT2D eigenvalue weighted by Crippen LogP contribution is 2.71. The maximum Gasteiger partial charge on any atom is 0.195 e. The first kappa shape index (κ1) is 19.5. The van der Waals surface area contributed by atoms with Gasteiger partial charge >= 0.3 is 0 Å². The number of para-hydroxylation sites is 1. The SMILES string of the molecule is CC1(C)O[C@]23CC[C@]4(C)[C@](O)(CC[C@@H]5Cc6c([nH]c7ccccc67)[C@]54C)C2=CC(=O)[C@H]1O3. The van der Waals surface area contributed by atoms with Crippen molar-refractivity contribution in [3.05, 3.63) is 47.2 Å². The van der Waals surface area contributed by atoms with E-state index in [2.05, 4.69) is 43.1 Å². The van der Waals surface area contributed by atoms with Gasteiger partial charge in [-0.05, 0) is 63.2 Å². The first-order valence-corrected chi connectivity index (χ1v) is 12.0. The van der Waals surface area contributed by atoms with E-state index in [9.17, 15) is 9.90 Å². The lowest BCUT2D eigenvalue weighted by Crippen LogP contribution is -2.69. The Morgan fingerprint density at radius 1 is 1.09 bits per heavy atom. The van der Waals surface area contributed by atoms with Gasteiger partial charge in [-0.25, -0.2) is 0 Å². The number of rotatable bonds is 0. The molecule has 32 heavy (non-hydrogen) atoms. The molecule has 2 bridgehead atoms. The molecule has 5 nitrogen and oxygen atoms in total. The molecule has 2 aromatic rings. The monoisotopic (exact) mass is 433 g/mol. The number of aromatic nitrogens is 1. The summed E-state index contributed by atoms with van der Waals surface area (Å²) in [5.74, 6) is -0.607. The topological polar surface area (TPSA) is 71.5 Å². The lowest BCUT2D eigenvalue weighted by Gasteiger charge is -2.65. The van der Waals surface area contributed by atoms with Gasteiger partial charge in [0.15, 0.2) is 17.7 Å². The van der Waals surface area contributed by atoms with Crippen LogP contribution in [-0.2, 0) is 26.1 Å². The zero-order valence-electron chi connectivity index (χ0n) is 19.2. The van der Waals surface area contributed by atoms with Crippen molar-refractivity contribution < 1.29 is 19.4 Å². The molecule has 2 N–H and O–H groups in total. The molecular formula is C27H31NO4. The maximum absolute atomic E-state index is 13.1. The summed E-state index contributed by atoms with van der Waals surface area (Å²) in [5.41, 5.74) is 1.98. The lowest BCUT2D eigenvalue weighted by molar-refractivity contribution is -0.247. The molecular weight excluding hydrogens is 402 g/mol. The Morgan fingerprint density at radius 2 is 1.88 bits per heavy atom. The van der Waals surface area contributed by atoms with Gasteiger partial charge in [-0.2, -0.15) is 0 Å². The molecule has 2 aliphatic heterocycles. The second-order valence-electron chi connectivity index (χ2n) is 11.8. The highest BCUT2D eigenvalue weighted by molar-refractivity contribution is 5.97. The number of ether oxygens (including phenoxy) is 2. The number of hydrogen-bond acceptors (Lipinski definition) is 4. The van der Waals surface area contributed by atoms with Crippen LogP contribution in [0.4, 0.5) is 0 Å². The van der Waals surface area contributed by atoms with Gasteiger partial charge in [-0.1, -0.05) is 32.0 Å². The number of aromatic amines is 1. The Morgan fingerprint density at radius 3 is 2.69 bits per heavy atom. The molecule has 2 saturated carbocycles. The minimum atomic E-state index is -1.16. The molecule has 5 heteroatoms. The fourth-order valence-corrected chi connectivity index (χ4v) is 8.39. The number of ketones is 1. The van der Waals surface area contributed by atoms with Crippen LogP contribution in [0, 0.1) is 11.3 Å². The standard InChI is InChI=1S/C27H31NO4/c1-23(2)22-19(29)14-20-26(30)10-9-15-13-17-16-7-5-6-8-18(16)28-21(17)25(15,4)24(26,3)11-12-27(20,31-22)32-23/h5-8,14-15,22,28,30H,9-13H2,1-4H3/t15-,22-,24+,25+,26+,27-/m1/s1. The van der Waals surface area contributed by atoms with Crippen LogP contribution in [0.2, 0.25) is 0 Å². The second kappa shape index (κ2) is 5.40. The molecule has 0 radical (unpaired) electrons. The van der Waals surface area contributed by atoms with Gasteiger partial charge in [0.05, 0.1) is 5.60 Å². The molecule has 0 unspecified atom stereocenters. The van der Waals surface area contributed by atoms with Crippen LogP contribution in [0.15, 0.2) is 35.9 Å². The summed E-state index contributed by atoms with van der Waals surface area (Å²) in [6.07, 6.45) is 5.09. The average Bonchev–Trinajstić information content (AvgIpc) is 3.33. The van der Waals surface area contributed by atoms with Crippen LogP contribution >= 0.6 is 0 Å². The summed E-state index contributed by atoms with van der Waals surface area (Å²) in [7, 11) is 0. The molecule has 3 aliphatic carbocycles. The molecule has 6 atom stereocenters. The number of hydrogen-bond donors (Lipinski definition) is 2. The van der Waals surface area contributed by atoms with Gasteiger partial charge in [0.1, 0.15) is 5.60 Å². The van der Waals surface area contributed by atoms with E-state index in [-0.39, 0.29) is 11.2 Å². The molecule has 1 aromatic carbocycles. The van der Waals surface area contributed by atoms with Crippen molar-refractivity contribution in [3.63, 3.8) is 0 Å². The van der Waals surface area contributed by atoms with Crippen LogP contribution in [0.5, 0.6) is 0 Å². The molecule has 1 spiro atoms. The van der Waals surface area contributed by atoms with Crippen LogP contribution in [0.1, 0.15) is 64.6 Å². The third-order valence-electron chi connectivity index (χ3n) is 10.2. The van der Waals surface area contributed by atoms with E-state index in [0.717, 1.165) is 19.3 Å². The van der Waals surface area contributed by atoms with Crippen LogP contribution < -0.4 is 0 Å². The first-order chi connectivity index (χ1) is 15.1. The zero-order valence-corrected chi connectivity index (χ0v) is 19.2. The van der Waals surface area contributed by atoms with Crippen LogP contribution in [0.3, 0.4) is 0 Å². The number of nitrogens with one attached hydrogen (secondary N) is 1. The van der Waals surface area contributed by atoms with Gasteiger partial charge in [0.25, 0.3) is 0 Å². The minimum absolute atomic E-state index is 0.0826. The van der Waals surface area contributed by atoms with Crippen molar-refractivity contribution >= 4 is 16.7 Å². The van der Waals surface area contributed by atoms with Gasteiger partial charge in [-0.15, -0.1) is 0 Å². The third kappa shape index (κ3) is 1.86. The highest BCUT2D eigenvalue weighted by atomic mass is 16.8. The van der Waals surface area contributed by atoms with E-state index in [1.54, 1.807) is 6.08 Å². The normalized spacial score (nSPS) is 45.8.